The second kappa shape index (κ2) is 13.4. The lowest BCUT2D eigenvalue weighted by Crippen LogP contribution is -2.39. The number of alkyl halides is 3. The summed E-state index contributed by atoms with van der Waals surface area (Å²) in [4.78, 5) is 17.4. The first-order valence-electron chi connectivity index (χ1n) is 17.8. The third kappa shape index (κ3) is 6.16. The fourth-order valence-corrected chi connectivity index (χ4v) is 8.78. The van der Waals surface area contributed by atoms with Crippen molar-refractivity contribution in [2.75, 3.05) is 55.8 Å². The lowest BCUT2D eigenvalue weighted by atomic mass is 9.91. The summed E-state index contributed by atoms with van der Waals surface area (Å²) in [5.74, 6) is -2.02. The molecule has 0 bridgehead atoms. The summed E-state index contributed by atoms with van der Waals surface area (Å²) in [6.07, 6.45) is 0.394. The summed E-state index contributed by atoms with van der Waals surface area (Å²) in [5.41, 5.74) is 9.17. The lowest BCUT2D eigenvalue weighted by Gasteiger charge is -2.33. The zero-order chi connectivity index (χ0) is 38.1. The maximum atomic E-state index is 17.4. The van der Waals surface area contributed by atoms with Crippen molar-refractivity contribution in [1.82, 2.24) is 19.9 Å². The van der Waals surface area contributed by atoms with E-state index in [1.165, 1.54) is 6.20 Å². The summed E-state index contributed by atoms with van der Waals surface area (Å²) in [6, 6.07) is 6.43. The van der Waals surface area contributed by atoms with Gasteiger partial charge in [0.15, 0.2) is 5.82 Å². The number of nitriles is 1. The molecule has 3 aromatic heterocycles. The van der Waals surface area contributed by atoms with Gasteiger partial charge in [0.1, 0.15) is 52.0 Å². The van der Waals surface area contributed by atoms with Gasteiger partial charge < -0.3 is 30.7 Å². The van der Waals surface area contributed by atoms with Crippen LogP contribution < -0.4 is 25.8 Å². The van der Waals surface area contributed by atoms with Gasteiger partial charge in [-0.05, 0) is 69.3 Å². The minimum absolute atomic E-state index is 0.0295. The highest BCUT2D eigenvalue weighted by molar-refractivity contribution is 7.23. The van der Waals surface area contributed by atoms with E-state index in [0.29, 0.717) is 22.8 Å². The number of hydrogen-bond acceptors (Lipinski definition) is 11. The Bertz CT molecular complexity index is 2330. The van der Waals surface area contributed by atoms with Crippen LogP contribution in [0.4, 0.5) is 38.6 Å². The van der Waals surface area contributed by atoms with E-state index in [4.69, 9.17) is 25.9 Å². The van der Waals surface area contributed by atoms with Crippen LogP contribution in [0.2, 0.25) is 0 Å². The van der Waals surface area contributed by atoms with Gasteiger partial charge in [-0.15, -0.1) is 11.3 Å². The molecule has 3 aliphatic rings. The topological polar surface area (TPSA) is 139 Å². The number of aromatic nitrogens is 3. The van der Waals surface area contributed by atoms with Gasteiger partial charge in [0.25, 0.3) is 0 Å². The smallest absolute Gasteiger partial charge is 0.420 e. The molecule has 0 amide bonds. The molecule has 1 unspecified atom stereocenters. The number of nitrogen functional groups attached to an aromatic ring is 2. The number of pyridine rings is 1. The Hall–Kier alpha value is -5.01. The van der Waals surface area contributed by atoms with Gasteiger partial charge in [-0.3, -0.25) is 0 Å². The van der Waals surface area contributed by atoms with Crippen molar-refractivity contribution in [2.45, 2.75) is 51.7 Å². The normalized spacial score (nSPS) is 18.0. The quantitative estimate of drug-likeness (QED) is 0.149. The van der Waals surface area contributed by atoms with Crippen LogP contribution in [0.1, 0.15) is 62.3 Å². The van der Waals surface area contributed by atoms with Gasteiger partial charge in [-0.1, -0.05) is 19.1 Å². The minimum Gasteiger partial charge on any atom is -0.490 e. The molecule has 282 valence electrons. The number of nitrogens with zero attached hydrogens (tertiary/aromatic N) is 6. The highest BCUT2D eigenvalue weighted by Gasteiger charge is 2.47. The van der Waals surface area contributed by atoms with Crippen LogP contribution in [0, 0.1) is 34.3 Å². The van der Waals surface area contributed by atoms with Gasteiger partial charge in [-0.2, -0.15) is 28.4 Å². The summed E-state index contributed by atoms with van der Waals surface area (Å²) in [6.45, 7) is 6.84. The molecular formula is C38H37F5N8O2S. The first-order valence-corrected chi connectivity index (χ1v) is 18.6. The zero-order valence-electron chi connectivity index (χ0n) is 29.6. The average Bonchev–Trinajstić information content (AvgIpc) is 3.86. The number of hydrogen-bond donors (Lipinski definition) is 2. The fraction of sp³-hybridized carbons (Fsp3) is 0.421. The Balaban J connectivity index is 1.34. The number of ether oxygens (including phenoxy) is 2. The molecular weight excluding hydrogens is 728 g/mol. The molecule has 1 saturated heterocycles. The first-order chi connectivity index (χ1) is 25.8. The van der Waals surface area contributed by atoms with Crippen molar-refractivity contribution in [3.63, 3.8) is 0 Å². The maximum absolute atomic E-state index is 17.4. The Kier molecular flexibility index (Phi) is 8.92. The van der Waals surface area contributed by atoms with Crippen LogP contribution in [0.5, 0.6) is 11.8 Å². The van der Waals surface area contributed by atoms with E-state index in [1.807, 2.05) is 6.07 Å². The molecule has 5 heterocycles. The summed E-state index contributed by atoms with van der Waals surface area (Å²) in [7, 11) is 0. The molecule has 5 aromatic rings. The third-order valence-electron chi connectivity index (χ3n) is 11.0. The van der Waals surface area contributed by atoms with Gasteiger partial charge in [0, 0.05) is 34.7 Å². The molecule has 0 spiro atoms. The van der Waals surface area contributed by atoms with Crippen LogP contribution in [-0.4, -0.2) is 59.2 Å². The third-order valence-corrected chi connectivity index (χ3v) is 12.1. The molecule has 1 atom stereocenters. The molecule has 8 rings (SSSR count). The fourth-order valence-electron chi connectivity index (χ4n) is 7.83. The van der Waals surface area contributed by atoms with Crippen LogP contribution in [0.3, 0.4) is 0 Å². The minimum atomic E-state index is -5.19. The zero-order valence-corrected chi connectivity index (χ0v) is 30.4. The van der Waals surface area contributed by atoms with Gasteiger partial charge in [0.05, 0.1) is 34.8 Å². The standard InChI is InChI=1S/C38H37F5N8O2S/c1-19-7-12-50(13-8-19)17-37(9-10-37)18-53-36-48-30-27-31(52-15-14-51(35(27)49-36)20(2)21-4-3-11-47-33(21)45)28(38(41,42)43)26(29(30)40)22-5-6-24(39)32-25(22)23(16-44)34(46)54-32/h3-6,11,19-20H,7-10,12-15,17-18,46H2,1-2H3,(H2,45,47). The number of halogens is 5. The van der Waals surface area contributed by atoms with E-state index in [1.54, 1.807) is 24.0 Å². The molecule has 2 aromatic carbocycles. The summed E-state index contributed by atoms with van der Waals surface area (Å²) < 4.78 is 90.9. The molecule has 1 saturated carbocycles. The predicted octanol–water partition coefficient (Wildman–Crippen LogP) is 8.09. The van der Waals surface area contributed by atoms with Crippen molar-refractivity contribution in [3.05, 3.63) is 58.8 Å². The number of nitrogens with two attached hydrogens (primary N) is 2. The lowest BCUT2D eigenvalue weighted by molar-refractivity contribution is -0.138. The number of piperidine rings is 1. The van der Waals surface area contributed by atoms with E-state index in [9.17, 15) is 5.26 Å². The van der Waals surface area contributed by atoms with Crippen molar-refractivity contribution >= 4 is 49.0 Å². The van der Waals surface area contributed by atoms with Crippen molar-refractivity contribution in [1.29, 1.82) is 5.26 Å². The molecule has 10 nitrogen and oxygen atoms in total. The Morgan fingerprint density at radius 3 is 2.56 bits per heavy atom. The Morgan fingerprint density at radius 1 is 1.11 bits per heavy atom. The monoisotopic (exact) mass is 764 g/mol. The first kappa shape index (κ1) is 36.0. The number of likely N-dealkylation sites (tertiary alicyclic amines) is 1. The highest BCUT2D eigenvalue weighted by Crippen LogP contribution is 2.54. The van der Waals surface area contributed by atoms with Crippen LogP contribution in [-0.2, 0) is 6.18 Å². The highest BCUT2D eigenvalue weighted by atomic mass is 32.1. The second-order valence-corrected chi connectivity index (χ2v) is 15.7. The molecule has 2 fully saturated rings. The number of rotatable bonds is 8. The van der Waals surface area contributed by atoms with Crippen molar-refractivity contribution in [3.8, 4) is 29.0 Å². The van der Waals surface area contributed by atoms with Crippen LogP contribution >= 0.6 is 11.3 Å². The molecule has 54 heavy (non-hydrogen) atoms. The van der Waals surface area contributed by atoms with Crippen molar-refractivity contribution in [2.24, 2.45) is 11.3 Å². The van der Waals surface area contributed by atoms with E-state index in [-0.39, 0.29) is 74.4 Å². The second-order valence-electron chi connectivity index (χ2n) is 14.6. The molecule has 1 aliphatic carbocycles. The van der Waals surface area contributed by atoms with E-state index in [0.717, 1.165) is 57.5 Å². The molecule has 16 heteroatoms. The largest absolute Gasteiger partial charge is 0.490 e. The van der Waals surface area contributed by atoms with Crippen molar-refractivity contribution < 1.29 is 31.4 Å². The maximum Gasteiger partial charge on any atom is 0.420 e. The number of thiophene rings is 1. The van der Waals surface area contributed by atoms with Gasteiger partial charge in [-0.25, -0.2) is 13.8 Å². The van der Waals surface area contributed by atoms with Gasteiger partial charge in [0.2, 0.25) is 0 Å². The molecule has 4 N–H and O–H groups in total. The Labute approximate surface area is 311 Å². The van der Waals surface area contributed by atoms with Gasteiger partial charge >= 0.3 is 12.2 Å². The van der Waals surface area contributed by atoms with E-state index < -0.39 is 46.2 Å². The average molecular weight is 765 g/mol. The Morgan fingerprint density at radius 2 is 1.87 bits per heavy atom. The molecule has 2 aliphatic heterocycles. The number of anilines is 3. The predicted molar refractivity (Wildman–Crippen MR) is 196 cm³/mol. The molecule has 0 radical (unpaired) electrons. The summed E-state index contributed by atoms with van der Waals surface area (Å²) >= 11 is 0.695. The summed E-state index contributed by atoms with van der Waals surface area (Å²) in [5, 5.41) is 9.29. The van der Waals surface area contributed by atoms with Crippen LogP contribution in [0.25, 0.3) is 32.1 Å². The number of fused-ring (bicyclic) bond motifs is 1. The number of benzene rings is 2. The van der Waals surface area contributed by atoms with E-state index in [2.05, 4.69) is 21.8 Å². The SMILES string of the molecule is CC1CCN(CC2(COc3nc4c5c(c(C(F)(F)F)c(-c6ccc(F)c7sc(N)c(C#N)c67)c(F)c5n3)OCCN4C(C)c3cccnc3N)CC2)CC1. The van der Waals surface area contributed by atoms with E-state index >= 15 is 22.0 Å². The van der Waals surface area contributed by atoms with Crippen LogP contribution in [0.15, 0.2) is 30.5 Å².